The molecule has 0 radical (unpaired) electrons. The summed E-state index contributed by atoms with van der Waals surface area (Å²) in [6, 6.07) is 13.5. The molecule has 0 amide bonds. The van der Waals surface area contributed by atoms with Crippen molar-refractivity contribution in [2.24, 2.45) is 0 Å². The van der Waals surface area contributed by atoms with Gasteiger partial charge in [0.1, 0.15) is 47.2 Å². The number of hydrogen-bond acceptors (Lipinski definition) is 6. The summed E-state index contributed by atoms with van der Waals surface area (Å²) in [7, 11) is 0. The number of aliphatic hydroxyl groups is 1. The van der Waals surface area contributed by atoms with E-state index < -0.39 is 28.9 Å². The standard InChI is InChI=1S/C30H23F4N7O/c31-21-3-1-19(2-4-21)29-28(27-8-6-23(33)14-41(27)39-29)24-9-10-35-12-20(24)13-36-15-30(42,16-40-18-37-17-38-40)25-7-5-22(32)11-26(25)34/h1-12,14,17-18,36,42H,13,15-16H2/t30-/m0/s1. The lowest BCUT2D eigenvalue weighted by Gasteiger charge is -2.29. The first kappa shape index (κ1) is 27.2. The third-order valence-electron chi connectivity index (χ3n) is 6.94. The Kier molecular flexibility index (Phi) is 7.23. The average Bonchev–Trinajstić information content (AvgIpc) is 3.61. The zero-order valence-electron chi connectivity index (χ0n) is 21.9. The van der Waals surface area contributed by atoms with Crippen molar-refractivity contribution in [2.75, 3.05) is 6.54 Å². The molecule has 4 heterocycles. The van der Waals surface area contributed by atoms with E-state index in [2.05, 4.69) is 25.5 Å². The van der Waals surface area contributed by atoms with Gasteiger partial charge in [-0.2, -0.15) is 10.2 Å². The number of benzene rings is 2. The lowest BCUT2D eigenvalue weighted by molar-refractivity contribution is 0.0117. The lowest BCUT2D eigenvalue weighted by Crippen LogP contribution is -2.42. The second-order valence-electron chi connectivity index (χ2n) is 9.79. The fraction of sp³-hybridized carbons (Fsp3) is 0.133. The van der Waals surface area contributed by atoms with Crippen molar-refractivity contribution >= 4 is 5.52 Å². The maximum Gasteiger partial charge on any atom is 0.141 e. The minimum absolute atomic E-state index is 0.110. The van der Waals surface area contributed by atoms with Crippen molar-refractivity contribution in [3.8, 4) is 22.4 Å². The Morgan fingerprint density at radius 2 is 1.67 bits per heavy atom. The summed E-state index contributed by atoms with van der Waals surface area (Å²) in [5.41, 5.74) is 1.89. The Bertz CT molecular complexity index is 1860. The predicted octanol–water partition coefficient (Wildman–Crippen LogP) is 4.89. The molecule has 6 aromatic rings. The molecule has 4 aromatic heterocycles. The SMILES string of the molecule is O[C@@](CNCc1cnccc1-c1c(-c2ccc(F)cc2)nn2cc(F)ccc12)(Cn1cncn1)c1ccc(F)cc1F. The molecule has 12 heteroatoms. The van der Waals surface area contributed by atoms with E-state index in [0.29, 0.717) is 39.5 Å². The van der Waals surface area contributed by atoms with Gasteiger partial charge in [-0.05, 0) is 59.7 Å². The van der Waals surface area contributed by atoms with Crippen LogP contribution in [0, 0.1) is 23.3 Å². The van der Waals surface area contributed by atoms with Crippen molar-refractivity contribution in [1.29, 1.82) is 0 Å². The molecule has 0 bridgehead atoms. The molecule has 2 N–H and O–H groups in total. The first-order valence-corrected chi connectivity index (χ1v) is 12.9. The quantitative estimate of drug-likeness (QED) is 0.240. The average molecular weight is 574 g/mol. The molecule has 0 unspecified atom stereocenters. The molecule has 212 valence electrons. The van der Waals surface area contributed by atoms with Crippen molar-refractivity contribution in [2.45, 2.75) is 18.7 Å². The van der Waals surface area contributed by atoms with E-state index in [9.17, 15) is 22.7 Å². The Balaban J connectivity index is 1.36. The van der Waals surface area contributed by atoms with Crippen LogP contribution in [0.2, 0.25) is 0 Å². The van der Waals surface area contributed by atoms with E-state index in [4.69, 9.17) is 0 Å². The van der Waals surface area contributed by atoms with Crippen LogP contribution in [0.5, 0.6) is 0 Å². The molecular weight excluding hydrogens is 550 g/mol. The Morgan fingerprint density at radius 1 is 0.881 bits per heavy atom. The highest BCUT2D eigenvalue weighted by Crippen LogP contribution is 2.37. The normalized spacial score (nSPS) is 13.0. The minimum atomic E-state index is -1.82. The van der Waals surface area contributed by atoms with E-state index in [1.54, 1.807) is 36.7 Å². The van der Waals surface area contributed by atoms with Gasteiger partial charge in [-0.3, -0.25) is 4.98 Å². The van der Waals surface area contributed by atoms with Crippen LogP contribution < -0.4 is 5.32 Å². The van der Waals surface area contributed by atoms with Crippen LogP contribution in [0.3, 0.4) is 0 Å². The molecule has 0 aliphatic heterocycles. The monoisotopic (exact) mass is 573 g/mol. The fourth-order valence-electron chi connectivity index (χ4n) is 5.00. The first-order valence-electron chi connectivity index (χ1n) is 12.9. The Labute approximate surface area is 236 Å². The van der Waals surface area contributed by atoms with Crippen LogP contribution in [0.1, 0.15) is 11.1 Å². The zero-order chi connectivity index (χ0) is 29.3. The van der Waals surface area contributed by atoms with Gasteiger partial charge >= 0.3 is 0 Å². The number of aromatic nitrogens is 6. The number of fused-ring (bicyclic) bond motifs is 1. The minimum Gasteiger partial charge on any atom is -0.382 e. The molecule has 0 aliphatic rings. The summed E-state index contributed by atoms with van der Waals surface area (Å²) in [4.78, 5) is 8.14. The second kappa shape index (κ2) is 11.1. The second-order valence-corrected chi connectivity index (χ2v) is 9.79. The zero-order valence-corrected chi connectivity index (χ0v) is 21.9. The van der Waals surface area contributed by atoms with Crippen molar-refractivity contribution in [3.63, 3.8) is 0 Å². The molecule has 6 rings (SSSR count). The molecule has 42 heavy (non-hydrogen) atoms. The molecule has 0 spiro atoms. The van der Waals surface area contributed by atoms with E-state index in [1.807, 2.05) is 0 Å². The highest BCUT2D eigenvalue weighted by atomic mass is 19.1. The predicted molar refractivity (Wildman–Crippen MR) is 146 cm³/mol. The first-order chi connectivity index (χ1) is 20.3. The van der Waals surface area contributed by atoms with Crippen LogP contribution in [-0.4, -0.2) is 41.0 Å². The van der Waals surface area contributed by atoms with Crippen LogP contribution in [0.15, 0.2) is 91.9 Å². The summed E-state index contributed by atoms with van der Waals surface area (Å²) in [5.74, 6) is -2.54. The van der Waals surface area contributed by atoms with Crippen molar-refractivity contribution < 1.29 is 22.7 Å². The lowest BCUT2D eigenvalue weighted by atomic mass is 9.92. The number of rotatable bonds is 9. The maximum absolute atomic E-state index is 14.8. The third-order valence-corrected chi connectivity index (χ3v) is 6.94. The Morgan fingerprint density at radius 3 is 2.43 bits per heavy atom. The van der Waals surface area contributed by atoms with Gasteiger partial charge in [0.25, 0.3) is 0 Å². The molecule has 1 atom stereocenters. The smallest absolute Gasteiger partial charge is 0.141 e. The molecule has 0 fully saturated rings. The molecular formula is C30H23F4N7O. The topological polar surface area (TPSA) is 93.2 Å². The summed E-state index contributed by atoms with van der Waals surface area (Å²) < 4.78 is 59.1. The van der Waals surface area contributed by atoms with Crippen molar-refractivity contribution in [3.05, 3.63) is 126 Å². The number of pyridine rings is 2. The van der Waals surface area contributed by atoms with E-state index in [-0.39, 0.29) is 25.2 Å². The number of nitrogens with zero attached hydrogens (tertiary/aromatic N) is 6. The van der Waals surface area contributed by atoms with Crippen molar-refractivity contribution in [1.82, 2.24) is 34.7 Å². The molecule has 2 aromatic carbocycles. The van der Waals surface area contributed by atoms with E-state index in [1.165, 1.54) is 52.3 Å². The van der Waals surface area contributed by atoms with Gasteiger partial charge in [0.2, 0.25) is 0 Å². The van der Waals surface area contributed by atoms with Gasteiger partial charge in [-0.15, -0.1) is 0 Å². The van der Waals surface area contributed by atoms with Gasteiger partial charge < -0.3 is 10.4 Å². The van der Waals surface area contributed by atoms with E-state index >= 15 is 0 Å². The number of hydrogen-bond donors (Lipinski definition) is 2. The molecule has 8 nitrogen and oxygen atoms in total. The molecule has 0 saturated heterocycles. The molecule has 0 aliphatic carbocycles. The van der Waals surface area contributed by atoms with Gasteiger partial charge in [-0.25, -0.2) is 31.7 Å². The van der Waals surface area contributed by atoms with Gasteiger partial charge in [0.15, 0.2) is 0 Å². The summed E-state index contributed by atoms with van der Waals surface area (Å²) >= 11 is 0. The largest absolute Gasteiger partial charge is 0.382 e. The highest BCUT2D eigenvalue weighted by molar-refractivity contribution is 5.93. The molecule has 0 saturated carbocycles. The number of halogens is 4. The van der Waals surface area contributed by atoms with E-state index in [0.717, 1.165) is 6.07 Å². The van der Waals surface area contributed by atoms with Crippen LogP contribution in [0.25, 0.3) is 27.9 Å². The van der Waals surface area contributed by atoms with Gasteiger partial charge in [-0.1, -0.05) is 6.07 Å². The Hall–Kier alpha value is -4.94. The summed E-state index contributed by atoms with van der Waals surface area (Å²) in [5, 5.41) is 23.4. The number of nitrogens with one attached hydrogen (secondary N) is 1. The maximum atomic E-state index is 14.8. The highest BCUT2D eigenvalue weighted by Gasteiger charge is 2.33. The third kappa shape index (κ3) is 5.37. The van der Waals surface area contributed by atoms with Crippen LogP contribution >= 0.6 is 0 Å². The fourth-order valence-corrected chi connectivity index (χ4v) is 5.00. The summed E-state index contributed by atoms with van der Waals surface area (Å²) in [6.07, 6.45) is 7.18. The van der Waals surface area contributed by atoms with Crippen LogP contribution in [0.4, 0.5) is 17.6 Å². The van der Waals surface area contributed by atoms with Crippen LogP contribution in [-0.2, 0) is 18.7 Å². The van der Waals surface area contributed by atoms with Gasteiger partial charge in [0.05, 0.1) is 18.3 Å². The van der Waals surface area contributed by atoms with Gasteiger partial charge in [0, 0.05) is 48.2 Å². The summed E-state index contributed by atoms with van der Waals surface area (Å²) in [6.45, 7) is -0.127.